The maximum absolute atomic E-state index is 13.4. The summed E-state index contributed by atoms with van der Waals surface area (Å²) in [6.07, 6.45) is 0. The van der Waals surface area contributed by atoms with Crippen molar-refractivity contribution in [2.24, 2.45) is 0 Å². The van der Waals surface area contributed by atoms with E-state index in [1.54, 1.807) is 0 Å². The molecular formula is C15H11ClFNO3. The highest BCUT2D eigenvalue weighted by Crippen LogP contribution is 2.36. The van der Waals surface area contributed by atoms with Crippen molar-refractivity contribution in [2.45, 2.75) is 0 Å². The molecule has 0 saturated heterocycles. The molecular weight excluding hydrogens is 297 g/mol. The minimum Gasteiger partial charge on any atom is -0.486 e. The van der Waals surface area contributed by atoms with Crippen LogP contribution in [0.15, 0.2) is 30.3 Å². The first-order chi connectivity index (χ1) is 10.0. The smallest absolute Gasteiger partial charge is 0.194 e. The van der Waals surface area contributed by atoms with Crippen LogP contribution in [0.1, 0.15) is 15.9 Å². The largest absolute Gasteiger partial charge is 0.486 e. The molecule has 1 heterocycles. The van der Waals surface area contributed by atoms with Crippen LogP contribution in [-0.4, -0.2) is 19.0 Å². The number of hydrogen-bond acceptors (Lipinski definition) is 4. The summed E-state index contributed by atoms with van der Waals surface area (Å²) in [7, 11) is 0. The normalized spacial score (nSPS) is 13.0. The van der Waals surface area contributed by atoms with E-state index in [-0.39, 0.29) is 21.8 Å². The van der Waals surface area contributed by atoms with E-state index >= 15 is 0 Å². The standard InChI is InChI=1S/C15H11ClFNO3/c16-12-7-14-13(20-1-2-21-14)6-11(12)15(19)8-3-9(17)5-10(18)4-8/h3-7H,1-2,18H2. The highest BCUT2D eigenvalue weighted by atomic mass is 35.5. The van der Waals surface area contributed by atoms with Gasteiger partial charge in [0.1, 0.15) is 19.0 Å². The molecule has 108 valence electrons. The molecule has 0 bridgehead atoms. The quantitative estimate of drug-likeness (QED) is 0.684. The van der Waals surface area contributed by atoms with E-state index in [1.165, 1.54) is 18.2 Å². The molecule has 1 aliphatic rings. The number of carbonyl (C=O) groups excluding carboxylic acids is 1. The van der Waals surface area contributed by atoms with Crippen LogP contribution in [0.5, 0.6) is 11.5 Å². The number of rotatable bonds is 2. The summed E-state index contributed by atoms with van der Waals surface area (Å²) in [6, 6.07) is 6.68. The molecule has 21 heavy (non-hydrogen) atoms. The summed E-state index contributed by atoms with van der Waals surface area (Å²) in [5.41, 5.74) is 6.07. The summed E-state index contributed by atoms with van der Waals surface area (Å²) >= 11 is 6.10. The topological polar surface area (TPSA) is 61.6 Å². The van der Waals surface area contributed by atoms with Gasteiger partial charge in [-0.2, -0.15) is 0 Å². The molecule has 3 rings (SSSR count). The predicted octanol–water partition coefficient (Wildman–Crippen LogP) is 3.06. The summed E-state index contributed by atoms with van der Waals surface area (Å²) < 4.78 is 24.2. The van der Waals surface area contributed by atoms with Crippen LogP contribution in [0, 0.1) is 5.82 Å². The Morgan fingerprint density at radius 1 is 1.10 bits per heavy atom. The SMILES string of the molecule is Nc1cc(F)cc(C(=O)c2cc3c(cc2Cl)OCCO3)c1. The van der Waals surface area contributed by atoms with Gasteiger partial charge in [-0.25, -0.2) is 4.39 Å². The fourth-order valence-corrected chi connectivity index (χ4v) is 2.38. The fraction of sp³-hybridized carbons (Fsp3) is 0.133. The van der Waals surface area contributed by atoms with E-state index in [2.05, 4.69) is 0 Å². The van der Waals surface area contributed by atoms with E-state index in [4.69, 9.17) is 26.8 Å². The second-order valence-corrected chi connectivity index (χ2v) is 4.99. The maximum atomic E-state index is 13.4. The van der Waals surface area contributed by atoms with Gasteiger partial charge < -0.3 is 15.2 Å². The van der Waals surface area contributed by atoms with Crippen molar-refractivity contribution in [1.29, 1.82) is 0 Å². The number of halogens is 2. The number of fused-ring (bicyclic) bond motifs is 1. The van der Waals surface area contributed by atoms with E-state index in [9.17, 15) is 9.18 Å². The zero-order chi connectivity index (χ0) is 15.0. The summed E-state index contributed by atoms with van der Waals surface area (Å²) in [5.74, 6) is -0.0740. The van der Waals surface area contributed by atoms with Crippen LogP contribution >= 0.6 is 11.6 Å². The lowest BCUT2D eigenvalue weighted by atomic mass is 10.0. The summed E-state index contributed by atoms with van der Waals surface area (Å²) in [6.45, 7) is 0.826. The zero-order valence-electron chi connectivity index (χ0n) is 10.9. The molecule has 2 aromatic rings. The number of hydrogen-bond donors (Lipinski definition) is 1. The molecule has 0 aliphatic carbocycles. The van der Waals surface area contributed by atoms with Gasteiger partial charge in [0.2, 0.25) is 0 Å². The van der Waals surface area contributed by atoms with Crippen molar-refractivity contribution >= 4 is 23.1 Å². The Hall–Kier alpha value is -2.27. The molecule has 0 aromatic heterocycles. The van der Waals surface area contributed by atoms with Gasteiger partial charge in [-0.15, -0.1) is 0 Å². The Kier molecular flexibility index (Phi) is 3.43. The first-order valence-corrected chi connectivity index (χ1v) is 6.62. The van der Waals surface area contributed by atoms with Gasteiger partial charge in [-0.05, 0) is 24.3 Å². The number of carbonyl (C=O) groups is 1. The Morgan fingerprint density at radius 3 is 2.43 bits per heavy atom. The van der Waals surface area contributed by atoms with Crippen molar-refractivity contribution < 1.29 is 18.7 Å². The molecule has 1 aliphatic heterocycles. The van der Waals surface area contributed by atoms with E-state index in [1.807, 2.05) is 0 Å². The maximum Gasteiger partial charge on any atom is 0.194 e. The van der Waals surface area contributed by atoms with Crippen molar-refractivity contribution in [1.82, 2.24) is 0 Å². The van der Waals surface area contributed by atoms with Crippen LogP contribution in [-0.2, 0) is 0 Å². The summed E-state index contributed by atoms with van der Waals surface area (Å²) in [5, 5.41) is 0.215. The highest BCUT2D eigenvalue weighted by Gasteiger charge is 2.20. The second kappa shape index (κ2) is 5.26. The number of anilines is 1. The Morgan fingerprint density at radius 2 is 1.76 bits per heavy atom. The molecule has 0 saturated carbocycles. The van der Waals surface area contributed by atoms with Crippen LogP contribution in [0.2, 0.25) is 5.02 Å². The number of ketones is 1. The third-order valence-electron chi connectivity index (χ3n) is 3.06. The van der Waals surface area contributed by atoms with Gasteiger partial charge in [0.15, 0.2) is 17.3 Å². The lowest BCUT2D eigenvalue weighted by molar-refractivity contribution is 0.103. The minimum atomic E-state index is -0.577. The fourth-order valence-electron chi connectivity index (χ4n) is 2.14. The van der Waals surface area contributed by atoms with Crippen molar-refractivity contribution in [3.63, 3.8) is 0 Å². The third kappa shape index (κ3) is 2.64. The monoisotopic (exact) mass is 307 g/mol. The molecule has 0 radical (unpaired) electrons. The number of nitrogens with two attached hydrogens (primary N) is 1. The molecule has 0 spiro atoms. The van der Waals surface area contributed by atoms with Gasteiger partial charge >= 0.3 is 0 Å². The molecule has 2 N–H and O–H groups in total. The average molecular weight is 308 g/mol. The van der Waals surface area contributed by atoms with Crippen LogP contribution < -0.4 is 15.2 Å². The Bertz CT molecular complexity index is 713. The Labute approximate surface area is 125 Å². The van der Waals surface area contributed by atoms with Gasteiger partial charge in [-0.1, -0.05) is 11.6 Å². The number of ether oxygens (including phenoxy) is 2. The lowest BCUT2D eigenvalue weighted by Gasteiger charge is -2.19. The van der Waals surface area contributed by atoms with E-state index in [0.29, 0.717) is 24.7 Å². The highest BCUT2D eigenvalue weighted by molar-refractivity contribution is 6.35. The van der Waals surface area contributed by atoms with E-state index in [0.717, 1.165) is 12.1 Å². The van der Waals surface area contributed by atoms with Gasteiger partial charge in [0, 0.05) is 22.9 Å². The van der Waals surface area contributed by atoms with Crippen molar-refractivity contribution in [3.8, 4) is 11.5 Å². The average Bonchev–Trinajstić information content (AvgIpc) is 2.44. The predicted molar refractivity (Wildman–Crippen MR) is 76.7 cm³/mol. The van der Waals surface area contributed by atoms with Gasteiger partial charge in [0.25, 0.3) is 0 Å². The molecule has 0 unspecified atom stereocenters. The van der Waals surface area contributed by atoms with Crippen LogP contribution in [0.3, 0.4) is 0 Å². The van der Waals surface area contributed by atoms with Crippen LogP contribution in [0.4, 0.5) is 10.1 Å². The van der Waals surface area contributed by atoms with Crippen LogP contribution in [0.25, 0.3) is 0 Å². The second-order valence-electron chi connectivity index (χ2n) is 4.58. The lowest BCUT2D eigenvalue weighted by Crippen LogP contribution is -2.16. The van der Waals surface area contributed by atoms with Gasteiger partial charge in [-0.3, -0.25) is 4.79 Å². The minimum absolute atomic E-state index is 0.131. The zero-order valence-corrected chi connectivity index (χ0v) is 11.6. The van der Waals surface area contributed by atoms with Crippen molar-refractivity contribution in [3.05, 3.63) is 52.3 Å². The Balaban J connectivity index is 2.05. The number of nitrogen functional groups attached to an aromatic ring is 1. The molecule has 0 fully saturated rings. The molecule has 4 nitrogen and oxygen atoms in total. The van der Waals surface area contributed by atoms with Crippen molar-refractivity contribution in [2.75, 3.05) is 18.9 Å². The van der Waals surface area contributed by atoms with Gasteiger partial charge in [0.05, 0.1) is 5.02 Å². The van der Waals surface area contributed by atoms with E-state index < -0.39 is 11.6 Å². The first kappa shape index (κ1) is 13.7. The summed E-state index contributed by atoms with van der Waals surface area (Å²) in [4.78, 5) is 12.5. The third-order valence-corrected chi connectivity index (χ3v) is 3.37. The molecule has 6 heteroatoms. The number of benzene rings is 2. The molecule has 0 atom stereocenters. The molecule has 2 aromatic carbocycles. The first-order valence-electron chi connectivity index (χ1n) is 6.24. The molecule has 0 amide bonds.